The molecule has 16 heavy (non-hydrogen) atoms. The molecule has 1 aliphatic carbocycles. The van der Waals surface area contributed by atoms with E-state index in [1.807, 2.05) is 12.1 Å². The molecule has 0 spiro atoms. The first-order valence-corrected chi connectivity index (χ1v) is 6.83. The van der Waals surface area contributed by atoms with Gasteiger partial charge in [0.1, 0.15) is 0 Å². The predicted octanol–water partition coefficient (Wildman–Crippen LogP) is 3.80. The molecule has 0 unspecified atom stereocenters. The maximum Gasteiger partial charge on any atom is 0.0514 e. The number of nitrogen functional groups attached to an aromatic ring is 1. The molecule has 0 heterocycles. The number of benzene rings is 1. The largest absolute Gasteiger partial charge is 0.399 e. The van der Waals surface area contributed by atoms with Gasteiger partial charge in [-0.1, -0.05) is 12.8 Å². The Balaban J connectivity index is 2.25. The van der Waals surface area contributed by atoms with Gasteiger partial charge in [-0.05, 0) is 53.9 Å². The zero-order chi connectivity index (χ0) is 11.5. The highest BCUT2D eigenvalue weighted by Gasteiger charge is 2.22. The Morgan fingerprint density at radius 3 is 2.62 bits per heavy atom. The SMILES string of the molecule is CCN(c1ccc(N)cc1Br)C1CCCC1. The minimum Gasteiger partial charge on any atom is -0.399 e. The summed E-state index contributed by atoms with van der Waals surface area (Å²) in [5.74, 6) is 0. The fourth-order valence-electron chi connectivity index (χ4n) is 2.60. The molecule has 1 aliphatic rings. The van der Waals surface area contributed by atoms with Gasteiger partial charge >= 0.3 is 0 Å². The highest BCUT2D eigenvalue weighted by molar-refractivity contribution is 9.10. The molecule has 1 saturated carbocycles. The van der Waals surface area contributed by atoms with Crippen molar-refractivity contribution in [2.24, 2.45) is 0 Å². The lowest BCUT2D eigenvalue weighted by molar-refractivity contribution is 0.619. The van der Waals surface area contributed by atoms with Gasteiger partial charge in [0.05, 0.1) is 5.69 Å². The van der Waals surface area contributed by atoms with Crippen LogP contribution < -0.4 is 10.6 Å². The molecule has 1 fully saturated rings. The average Bonchev–Trinajstić information content (AvgIpc) is 2.75. The summed E-state index contributed by atoms with van der Waals surface area (Å²) >= 11 is 3.61. The Labute approximate surface area is 106 Å². The second kappa shape index (κ2) is 5.09. The monoisotopic (exact) mass is 282 g/mol. The van der Waals surface area contributed by atoms with Gasteiger partial charge in [0.15, 0.2) is 0 Å². The molecule has 0 amide bonds. The highest BCUT2D eigenvalue weighted by atomic mass is 79.9. The van der Waals surface area contributed by atoms with E-state index in [0.717, 1.165) is 16.7 Å². The molecule has 0 saturated heterocycles. The summed E-state index contributed by atoms with van der Waals surface area (Å²) in [6, 6.07) is 6.82. The predicted molar refractivity (Wildman–Crippen MR) is 73.8 cm³/mol. The van der Waals surface area contributed by atoms with Gasteiger partial charge in [-0.2, -0.15) is 0 Å². The summed E-state index contributed by atoms with van der Waals surface area (Å²) < 4.78 is 1.11. The summed E-state index contributed by atoms with van der Waals surface area (Å²) in [4.78, 5) is 2.50. The van der Waals surface area contributed by atoms with Gasteiger partial charge in [-0.3, -0.25) is 0 Å². The highest BCUT2D eigenvalue weighted by Crippen LogP contribution is 2.33. The topological polar surface area (TPSA) is 29.3 Å². The maximum absolute atomic E-state index is 5.77. The lowest BCUT2D eigenvalue weighted by Crippen LogP contribution is -2.33. The van der Waals surface area contributed by atoms with Crippen LogP contribution in [0.15, 0.2) is 22.7 Å². The van der Waals surface area contributed by atoms with E-state index >= 15 is 0 Å². The van der Waals surface area contributed by atoms with Gasteiger partial charge in [0.25, 0.3) is 0 Å². The van der Waals surface area contributed by atoms with Crippen LogP contribution in [0.3, 0.4) is 0 Å². The number of nitrogens with zero attached hydrogens (tertiary/aromatic N) is 1. The van der Waals surface area contributed by atoms with Crippen LogP contribution in [0.4, 0.5) is 11.4 Å². The quantitative estimate of drug-likeness (QED) is 0.855. The van der Waals surface area contributed by atoms with E-state index in [9.17, 15) is 0 Å². The van der Waals surface area contributed by atoms with Crippen LogP contribution in [0.1, 0.15) is 32.6 Å². The van der Waals surface area contributed by atoms with Gasteiger partial charge in [-0.25, -0.2) is 0 Å². The van der Waals surface area contributed by atoms with Gasteiger partial charge in [0, 0.05) is 22.7 Å². The molecule has 0 aromatic heterocycles. The standard InChI is InChI=1S/C13H19BrN2/c1-2-16(11-5-3-4-6-11)13-8-7-10(15)9-12(13)14/h7-9,11H,2-6,15H2,1H3. The molecule has 0 atom stereocenters. The van der Waals surface area contributed by atoms with Crippen LogP contribution in [0, 0.1) is 0 Å². The molecular formula is C13H19BrN2. The molecule has 0 aliphatic heterocycles. The third kappa shape index (κ3) is 2.34. The fraction of sp³-hybridized carbons (Fsp3) is 0.538. The Bertz CT molecular complexity index is 359. The molecule has 88 valence electrons. The molecule has 2 nitrogen and oxygen atoms in total. The van der Waals surface area contributed by atoms with Gasteiger partial charge < -0.3 is 10.6 Å². The van der Waals surface area contributed by atoms with Crippen molar-refractivity contribution in [2.45, 2.75) is 38.6 Å². The van der Waals surface area contributed by atoms with Crippen LogP contribution in [-0.4, -0.2) is 12.6 Å². The Morgan fingerprint density at radius 1 is 1.38 bits per heavy atom. The van der Waals surface area contributed by atoms with Crippen LogP contribution in [-0.2, 0) is 0 Å². The number of nitrogens with two attached hydrogens (primary N) is 1. The van der Waals surface area contributed by atoms with E-state index in [0.29, 0.717) is 6.04 Å². The van der Waals surface area contributed by atoms with E-state index < -0.39 is 0 Å². The normalized spacial score (nSPS) is 16.6. The molecule has 1 aromatic carbocycles. The summed E-state index contributed by atoms with van der Waals surface area (Å²) in [6.45, 7) is 3.29. The lowest BCUT2D eigenvalue weighted by Gasteiger charge is -2.31. The smallest absolute Gasteiger partial charge is 0.0514 e. The first kappa shape index (κ1) is 11.8. The molecule has 3 heteroatoms. The minimum absolute atomic E-state index is 0.713. The van der Waals surface area contributed by atoms with Crippen LogP contribution >= 0.6 is 15.9 Å². The molecule has 0 bridgehead atoms. The van der Waals surface area contributed by atoms with Crippen molar-refractivity contribution in [3.05, 3.63) is 22.7 Å². The van der Waals surface area contributed by atoms with Crippen LogP contribution in [0.25, 0.3) is 0 Å². The van der Waals surface area contributed by atoms with Crippen molar-refractivity contribution < 1.29 is 0 Å². The van der Waals surface area contributed by atoms with E-state index in [4.69, 9.17) is 5.73 Å². The summed E-state index contributed by atoms with van der Waals surface area (Å²) in [5.41, 5.74) is 7.87. The van der Waals surface area contributed by atoms with E-state index in [-0.39, 0.29) is 0 Å². The third-order valence-corrected chi connectivity index (χ3v) is 4.02. The van der Waals surface area contributed by atoms with Crippen molar-refractivity contribution in [2.75, 3.05) is 17.2 Å². The first-order chi connectivity index (χ1) is 7.72. The fourth-order valence-corrected chi connectivity index (χ4v) is 3.22. The first-order valence-electron chi connectivity index (χ1n) is 6.04. The second-order valence-corrected chi connectivity index (χ2v) is 5.29. The third-order valence-electron chi connectivity index (χ3n) is 3.39. The van der Waals surface area contributed by atoms with Gasteiger partial charge in [-0.15, -0.1) is 0 Å². The molecular weight excluding hydrogens is 264 g/mol. The van der Waals surface area contributed by atoms with E-state index in [2.05, 4.69) is 33.8 Å². The second-order valence-electron chi connectivity index (χ2n) is 4.44. The summed E-state index contributed by atoms with van der Waals surface area (Å²) in [6.07, 6.45) is 5.39. The van der Waals surface area contributed by atoms with Crippen molar-refractivity contribution in [1.29, 1.82) is 0 Å². The Kier molecular flexibility index (Phi) is 3.74. The van der Waals surface area contributed by atoms with Crippen molar-refractivity contribution >= 4 is 27.3 Å². The van der Waals surface area contributed by atoms with Crippen molar-refractivity contribution in [3.8, 4) is 0 Å². The van der Waals surface area contributed by atoms with Gasteiger partial charge in [0.2, 0.25) is 0 Å². The number of hydrogen-bond donors (Lipinski definition) is 1. The number of anilines is 2. The maximum atomic E-state index is 5.77. The number of rotatable bonds is 3. The number of halogens is 1. The lowest BCUT2D eigenvalue weighted by atomic mass is 10.1. The van der Waals surface area contributed by atoms with E-state index in [1.54, 1.807) is 0 Å². The minimum atomic E-state index is 0.713. The van der Waals surface area contributed by atoms with Crippen LogP contribution in [0.5, 0.6) is 0 Å². The Hall–Kier alpha value is -0.700. The summed E-state index contributed by atoms with van der Waals surface area (Å²) in [7, 11) is 0. The molecule has 2 N–H and O–H groups in total. The van der Waals surface area contributed by atoms with Crippen molar-refractivity contribution in [3.63, 3.8) is 0 Å². The molecule has 1 aromatic rings. The van der Waals surface area contributed by atoms with Crippen molar-refractivity contribution in [1.82, 2.24) is 0 Å². The summed E-state index contributed by atoms with van der Waals surface area (Å²) in [5, 5.41) is 0. The molecule has 2 rings (SSSR count). The Morgan fingerprint density at radius 2 is 2.06 bits per heavy atom. The number of hydrogen-bond acceptors (Lipinski definition) is 2. The van der Waals surface area contributed by atoms with E-state index in [1.165, 1.54) is 31.4 Å². The van der Waals surface area contributed by atoms with Crippen LogP contribution in [0.2, 0.25) is 0 Å². The zero-order valence-electron chi connectivity index (χ0n) is 9.75. The zero-order valence-corrected chi connectivity index (χ0v) is 11.3. The molecule has 0 radical (unpaired) electrons. The average molecular weight is 283 g/mol.